The molecule has 0 aliphatic carbocycles. The van der Waals surface area contributed by atoms with Crippen LogP contribution in [0.3, 0.4) is 0 Å². The van der Waals surface area contributed by atoms with E-state index in [0.29, 0.717) is 6.54 Å². The van der Waals surface area contributed by atoms with Gasteiger partial charge in [0.15, 0.2) is 0 Å². The van der Waals surface area contributed by atoms with Crippen molar-refractivity contribution in [1.82, 2.24) is 14.9 Å². The number of aromatic nitrogens is 2. The van der Waals surface area contributed by atoms with E-state index in [1.54, 1.807) is 0 Å². The monoisotopic (exact) mass is 783 g/mol. The molecule has 5 aromatic rings. The highest BCUT2D eigenvalue weighted by Gasteiger charge is 2.26. The molecule has 2 aliphatic rings. The van der Waals surface area contributed by atoms with Gasteiger partial charge in [-0.3, -0.25) is 0 Å². The van der Waals surface area contributed by atoms with Crippen molar-refractivity contribution in [1.29, 1.82) is 0 Å². The molecular weight excluding hydrogens is 746 g/mol. The zero-order valence-electron chi connectivity index (χ0n) is 29.1. The van der Waals surface area contributed by atoms with Gasteiger partial charge < -0.3 is 14.9 Å². The second kappa shape index (κ2) is 13.9. The normalized spacial score (nSPS) is 15.8. The highest BCUT2D eigenvalue weighted by Crippen LogP contribution is 2.37. The third-order valence-electron chi connectivity index (χ3n) is 9.19. The Kier molecular flexibility index (Phi) is 9.38. The van der Waals surface area contributed by atoms with Crippen LogP contribution >= 0.6 is 31.9 Å². The van der Waals surface area contributed by atoms with E-state index in [2.05, 4.69) is 179 Å². The van der Waals surface area contributed by atoms with Gasteiger partial charge in [0.05, 0.1) is 27.1 Å². The minimum Gasteiger partial charge on any atom is -0.349 e. The Hall–Kier alpha value is -4.72. The number of nitrogens with one attached hydrogen (secondary N) is 2. The average Bonchev–Trinajstić information content (AvgIpc) is 3.89. The molecule has 3 aromatic carbocycles. The van der Waals surface area contributed by atoms with E-state index in [-0.39, 0.29) is 0 Å². The van der Waals surface area contributed by atoms with E-state index < -0.39 is 0 Å². The molecule has 7 heteroatoms. The Balaban J connectivity index is 1.40. The molecule has 4 heterocycles. The van der Waals surface area contributed by atoms with E-state index in [1.165, 1.54) is 50.1 Å². The van der Waals surface area contributed by atoms with Gasteiger partial charge in [0, 0.05) is 22.5 Å². The van der Waals surface area contributed by atoms with Crippen LogP contribution in [0.2, 0.25) is 0 Å². The number of nitrogens with zero attached hydrogens (tertiary/aromatic N) is 3. The molecule has 2 aliphatic heterocycles. The summed E-state index contributed by atoms with van der Waals surface area (Å²) in [6.07, 6.45) is 8.49. The van der Waals surface area contributed by atoms with Crippen molar-refractivity contribution in [3.8, 4) is 0 Å². The second-order valence-electron chi connectivity index (χ2n) is 13.2. The predicted octanol–water partition coefficient (Wildman–Crippen LogP) is 11.4. The SMILES string of the molecule is Cc1cc(C)c(/C(=C2/C=CC(N(Cc3ccccc3)C3=N/C(=C(/c4ccc(Br)[nH]4)c4c(C)cc(C)cc4C)C=C3)=N2)c2ccc(Br)[nH]2)c(C)c1. The number of aliphatic imine (C=N–C) groups is 2. The van der Waals surface area contributed by atoms with Crippen LogP contribution in [0.1, 0.15) is 61.5 Å². The van der Waals surface area contributed by atoms with Gasteiger partial charge in [0.25, 0.3) is 0 Å². The van der Waals surface area contributed by atoms with E-state index in [9.17, 15) is 0 Å². The molecule has 0 amide bonds. The molecule has 5 nitrogen and oxygen atoms in total. The van der Waals surface area contributed by atoms with Crippen molar-refractivity contribution >= 4 is 54.7 Å². The summed E-state index contributed by atoms with van der Waals surface area (Å²) in [5, 5.41) is 0. The van der Waals surface area contributed by atoms with Gasteiger partial charge in [-0.2, -0.15) is 0 Å². The average molecular weight is 786 g/mol. The molecule has 0 radical (unpaired) electrons. The first kappa shape index (κ1) is 33.8. The standard InChI is InChI=1S/C43H39Br2N5/c1-25-20-27(3)40(28(4)21-25)42(32-12-16-36(44)46-32)34-14-18-38(48-34)50(24-31-10-8-7-9-11-31)39-19-15-35(49-39)43(33-13-17-37(45)47-33)41-29(5)22-26(2)23-30(41)6/h7-23,46-47H,24H2,1-6H3/b42-34-,43-35-. The minimum atomic E-state index is 0.617. The molecule has 250 valence electrons. The number of hydrogen-bond donors (Lipinski definition) is 2. The number of benzene rings is 3. The van der Waals surface area contributed by atoms with Crippen molar-refractivity contribution < 1.29 is 0 Å². The van der Waals surface area contributed by atoms with E-state index in [4.69, 9.17) is 9.98 Å². The molecule has 0 spiro atoms. The fourth-order valence-corrected chi connectivity index (χ4v) is 8.00. The van der Waals surface area contributed by atoms with Crippen molar-refractivity contribution in [3.63, 3.8) is 0 Å². The van der Waals surface area contributed by atoms with Crippen LogP contribution < -0.4 is 0 Å². The van der Waals surface area contributed by atoms with Crippen LogP contribution in [0, 0.1) is 41.5 Å². The number of aryl methyl sites for hydroxylation is 6. The maximum absolute atomic E-state index is 5.36. The summed E-state index contributed by atoms with van der Waals surface area (Å²) in [6, 6.07) is 27.8. The van der Waals surface area contributed by atoms with Gasteiger partial charge in [-0.1, -0.05) is 65.7 Å². The number of rotatable bonds is 6. The fraction of sp³-hybridized carbons (Fsp3) is 0.163. The molecule has 0 saturated heterocycles. The highest BCUT2D eigenvalue weighted by molar-refractivity contribution is 9.10. The lowest BCUT2D eigenvalue weighted by atomic mass is 9.91. The van der Waals surface area contributed by atoms with E-state index in [1.807, 2.05) is 12.1 Å². The third kappa shape index (κ3) is 6.72. The third-order valence-corrected chi connectivity index (χ3v) is 10.1. The number of amidine groups is 2. The van der Waals surface area contributed by atoms with Crippen LogP contribution in [0.4, 0.5) is 0 Å². The minimum absolute atomic E-state index is 0.617. The van der Waals surface area contributed by atoms with Gasteiger partial charge in [0.1, 0.15) is 11.7 Å². The summed E-state index contributed by atoms with van der Waals surface area (Å²) in [6.45, 7) is 13.6. The summed E-state index contributed by atoms with van der Waals surface area (Å²) >= 11 is 7.28. The van der Waals surface area contributed by atoms with Crippen LogP contribution in [-0.2, 0) is 6.54 Å². The molecular formula is C43H39Br2N5. The smallest absolute Gasteiger partial charge is 0.135 e. The summed E-state index contributed by atoms with van der Waals surface area (Å²) in [4.78, 5) is 20.0. The van der Waals surface area contributed by atoms with Gasteiger partial charge in [-0.05, 0) is 161 Å². The molecule has 0 atom stereocenters. The molecule has 0 bridgehead atoms. The van der Waals surface area contributed by atoms with Crippen molar-refractivity contribution in [3.05, 3.63) is 185 Å². The van der Waals surface area contributed by atoms with Crippen molar-refractivity contribution in [2.75, 3.05) is 0 Å². The lowest BCUT2D eigenvalue weighted by Gasteiger charge is -2.23. The Labute approximate surface area is 311 Å². The molecule has 50 heavy (non-hydrogen) atoms. The first-order valence-electron chi connectivity index (χ1n) is 16.8. The summed E-state index contributed by atoms with van der Waals surface area (Å²) in [5.41, 5.74) is 16.9. The van der Waals surface area contributed by atoms with Crippen LogP contribution in [0.15, 0.2) is 134 Å². The molecule has 0 unspecified atom stereocenters. The zero-order chi connectivity index (χ0) is 35.1. The number of allylic oxidation sites excluding steroid dienone is 2. The molecule has 0 saturated carbocycles. The summed E-state index contributed by atoms with van der Waals surface area (Å²) in [5.74, 6) is 1.68. The van der Waals surface area contributed by atoms with E-state index in [0.717, 1.165) is 54.8 Å². The van der Waals surface area contributed by atoms with Crippen LogP contribution in [0.25, 0.3) is 11.1 Å². The van der Waals surface area contributed by atoms with Crippen molar-refractivity contribution in [2.45, 2.75) is 48.1 Å². The van der Waals surface area contributed by atoms with Crippen LogP contribution in [-0.4, -0.2) is 26.5 Å². The maximum Gasteiger partial charge on any atom is 0.135 e. The largest absolute Gasteiger partial charge is 0.349 e. The first-order chi connectivity index (χ1) is 24.0. The molecule has 0 fully saturated rings. The Morgan fingerprint density at radius 3 is 1.36 bits per heavy atom. The number of hydrogen-bond acceptors (Lipinski definition) is 3. The van der Waals surface area contributed by atoms with Crippen LogP contribution in [0.5, 0.6) is 0 Å². The van der Waals surface area contributed by atoms with E-state index >= 15 is 0 Å². The highest BCUT2D eigenvalue weighted by atomic mass is 79.9. The predicted molar refractivity (Wildman–Crippen MR) is 215 cm³/mol. The number of aromatic amines is 2. The Bertz CT molecular complexity index is 2140. The zero-order valence-corrected chi connectivity index (χ0v) is 32.3. The second-order valence-corrected chi connectivity index (χ2v) is 14.9. The number of H-pyrrole nitrogens is 2. The van der Waals surface area contributed by atoms with Crippen molar-refractivity contribution in [2.24, 2.45) is 9.98 Å². The molecule has 2 aromatic heterocycles. The quantitative estimate of drug-likeness (QED) is 0.177. The molecule has 2 N–H and O–H groups in total. The molecule has 7 rings (SSSR count). The first-order valence-corrected chi connectivity index (χ1v) is 18.3. The fourth-order valence-electron chi connectivity index (χ4n) is 7.31. The maximum atomic E-state index is 5.36. The Morgan fingerprint density at radius 2 is 0.980 bits per heavy atom. The summed E-state index contributed by atoms with van der Waals surface area (Å²) in [7, 11) is 0. The summed E-state index contributed by atoms with van der Waals surface area (Å²) < 4.78 is 1.86. The van der Waals surface area contributed by atoms with Gasteiger partial charge >= 0.3 is 0 Å². The van der Waals surface area contributed by atoms with Gasteiger partial charge in [0.2, 0.25) is 0 Å². The lowest BCUT2D eigenvalue weighted by molar-refractivity contribution is 0.612. The van der Waals surface area contributed by atoms with Gasteiger partial charge in [-0.15, -0.1) is 0 Å². The topological polar surface area (TPSA) is 59.5 Å². The van der Waals surface area contributed by atoms with Gasteiger partial charge in [-0.25, -0.2) is 9.98 Å². The number of halogens is 2. The lowest BCUT2D eigenvalue weighted by Crippen LogP contribution is -2.33. The Morgan fingerprint density at radius 1 is 0.560 bits per heavy atom.